The molecule has 3 rings (SSSR count). The molecule has 6 nitrogen and oxygen atoms in total. The van der Waals surface area contributed by atoms with Crippen LogP contribution in [0.1, 0.15) is 42.4 Å². The number of primary amides is 1. The van der Waals surface area contributed by atoms with Crippen LogP contribution >= 0.6 is 0 Å². The molecule has 3 aromatic rings. The summed E-state index contributed by atoms with van der Waals surface area (Å²) < 4.78 is 39.9. The minimum Gasteiger partial charge on any atom is -0.368 e. The van der Waals surface area contributed by atoms with E-state index in [0.29, 0.717) is 16.5 Å². The van der Waals surface area contributed by atoms with E-state index < -0.39 is 35.0 Å². The zero-order valence-electron chi connectivity index (χ0n) is 17.3. The third kappa shape index (κ3) is 4.87. The summed E-state index contributed by atoms with van der Waals surface area (Å²) in [6.45, 7) is 5.52. The van der Waals surface area contributed by atoms with Crippen LogP contribution in [0.25, 0.3) is 10.9 Å². The Kier molecular flexibility index (Phi) is 5.80. The predicted molar refractivity (Wildman–Crippen MR) is 110 cm³/mol. The molecule has 1 heterocycles. The molecule has 3 N–H and O–H groups in total. The SMILES string of the molecule is CC(C)(C)C(NC(=O)c1nn(Cc2ccc(C(F)(F)F)cc2)c2ccccc12)C(N)=O. The van der Waals surface area contributed by atoms with Gasteiger partial charge in [0.2, 0.25) is 5.91 Å². The van der Waals surface area contributed by atoms with E-state index in [1.165, 1.54) is 12.1 Å². The van der Waals surface area contributed by atoms with Crippen molar-refractivity contribution in [3.63, 3.8) is 0 Å². The first kappa shape index (κ1) is 22.3. The highest BCUT2D eigenvalue weighted by atomic mass is 19.4. The lowest BCUT2D eigenvalue weighted by Gasteiger charge is -2.28. The fourth-order valence-electron chi connectivity index (χ4n) is 3.30. The number of carbonyl (C=O) groups is 2. The first-order valence-electron chi connectivity index (χ1n) is 9.60. The second-order valence-electron chi connectivity index (χ2n) is 8.39. The molecule has 1 atom stereocenters. The molecular formula is C22H23F3N4O2. The van der Waals surface area contributed by atoms with Gasteiger partial charge in [0.1, 0.15) is 6.04 Å². The van der Waals surface area contributed by atoms with Crippen molar-refractivity contribution in [2.24, 2.45) is 11.1 Å². The van der Waals surface area contributed by atoms with E-state index in [2.05, 4.69) is 10.4 Å². The molecule has 0 radical (unpaired) electrons. The topological polar surface area (TPSA) is 90.0 Å². The van der Waals surface area contributed by atoms with Crippen LogP contribution in [0.3, 0.4) is 0 Å². The molecule has 0 fully saturated rings. The third-order valence-corrected chi connectivity index (χ3v) is 4.91. The van der Waals surface area contributed by atoms with Crippen molar-refractivity contribution in [3.05, 3.63) is 65.4 Å². The molecule has 164 valence electrons. The van der Waals surface area contributed by atoms with Crippen LogP contribution in [0, 0.1) is 5.41 Å². The highest BCUT2D eigenvalue weighted by Gasteiger charge is 2.33. The minimum atomic E-state index is -4.41. The number of hydrogen-bond acceptors (Lipinski definition) is 3. The van der Waals surface area contributed by atoms with Gasteiger partial charge in [-0.25, -0.2) is 0 Å². The van der Waals surface area contributed by atoms with Crippen LogP contribution in [-0.4, -0.2) is 27.6 Å². The fourth-order valence-corrected chi connectivity index (χ4v) is 3.30. The standard InChI is InChI=1S/C22H23F3N4O2/c1-21(2,3)18(19(26)30)27-20(31)17-15-6-4-5-7-16(15)29(28-17)12-13-8-10-14(11-9-13)22(23,24)25/h4-11,18H,12H2,1-3H3,(H2,26,30)(H,27,31). The van der Waals surface area contributed by atoms with Crippen molar-refractivity contribution in [2.75, 3.05) is 0 Å². The normalized spacial score (nSPS) is 13.2. The molecular weight excluding hydrogens is 409 g/mol. The molecule has 31 heavy (non-hydrogen) atoms. The van der Waals surface area contributed by atoms with Gasteiger partial charge >= 0.3 is 6.18 Å². The summed E-state index contributed by atoms with van der Waals surface area (Å²) in [4.78, 5) is 24.7. The van der Waals surface area contributed by atoms with Gasteiger partial charge in [0, 0.05) is 5.39 Å². The smallest absolute Gasteiger partial charge is 0.368 e. The van der Waals surface area contributed by atoms with Gasteiger partial charge in [-0.3, -0.25) is 14.3 Å². The van der Waals surface area contributed by atoms with Gasteiger partial charge < -0.3 is 11.1 Å². The van der Waals surface area contributed by atoms with Crippen molar-refractivity contribution >= 4 is 22.7 Å². The van der Waals surface area contributed by atoms with E-state index >= 15 is 0 Å². The monoisotopic (exact) mass is 432 g/mol. The maximum absolute atomic E-state index is 12.9. The molecule has 0 aliphatic rings. The maximum Gasteiger partial charge on any atom is 0.416 e. The van der Waals surface area contributed by atoms with Crippen molar-refractivity contribution in [2.45, 2.75) is 39.5 Å². The summed E-state index contributed by atoms with van der Waals surface area (Å²) in [5.74, 6) is -1.21. The Morgan fingerprint density at radius 1 is 1.06 bits per heavy atom. The molecule has 0 saturated heterocycles. The summed E-state index contributed by atoms with van der Waals surface area (Å²) in [6, 6.07) is 10.9. The van der Waals surface area contributed by atoms with E-state index in [0.717, 1.165) is 12.1 Å². The van der Waals surface area contributed by atoms with Crippen molar-refractivity contribution < 1.29 is 22.8 Å². The van der Waals surface area contributed by atoms with Crippen LogP contribution < -0.4 is 11.1 Å². The van der Waals surface area contributed by atoms with Crippen LogP contribution in [0.5, 0.6) is 0 Å². The zero-order chi connectivity index (χ0) is 23.0. The van der Waals surface area contributed by atoms with E-state index in [1.54, 1.807) is 49.7 Å². The Morgan fingerprint density at radius 2 is 1.68 bits per heavy atom. The molecule has 1 aromatic heterocycles. The number of alkyl halides is 3. The summed E-state index contributed by atoms with van der Waals surface area (Å²) >= 11 is 0. The Morgan fingerprint density at radius 3 is 2.23 bits per heavy atom. The molecule has 2 amide bonds. The van der Waals surface area contributed by atoms with Gasteiger partial charge in [0.15, 0.2) is 5.69 Å². The number of aromatic nitrogens is 2. The lowest BCUT2D eigenvalue weighted by atomic mass is 9.86. The van der Waals surface area contributed by atoms with Gasteiger partial charge in [-0.05, 0) is 29.2 Å². The molecule has 0 aliphatic carbocycles. The summed E-state index contributed by atoms with van der Waals surface area (Å²) in [7, 11) is 0. The second kappa shape index (κ2) is 8.05. The summed E-state index contributed by atoms with van der Waals surface area (Å²) in [5.41, 5.74) is 5.46. The Hall–Kier alpha value is -3.36. The lowest BCUT2D eigenvalue weighted by molar-refractivity contribution is -0.137. The predicted octanol–water partition coefficient (Wildman–Crippen LogP) is 3.73. The van der Waals surface area contributed by atoms with Gasteiger partial charge in [0.05, 0.1) is 17.6 Å². The number of amides is 2. The second-order valence-corrected chi connectivity index (χ2v) is 8.39. The van der Waals surface area contributed by atoms with Crippen LogP contribution in [-0.2, 0) is 17.5 Å². The minimum absolute atomic E-state index is 0.109. The molecule has 0 saturated carbocycles. The fraction of sp³-hybridized carbons (Fsp3) is 0.318. The number of carbonyl (C=O) groups excluding carboxylic acids is 2. The average molecular weight is 432 g/mol. The van der Waals surface area contributed by atoms with E-state index in [4.69, 9.17) is 5.73 Å². The van der Waals surface area contributed by atoms with Crippen molar-refractivity contribution in [3.8, 4) is 0 Å². The number of nitrogens with two attached hydrogens (primary N) is 1. The number of benzene rings is 2. The maximum atomic E-state index is 12.9. The van der Waals surface area contributed by atoms with E-state index in [-0.39, 0.29) is 12.2 Å². The van der Waals surface area contributed by atoms with Gasteiger partial charge in [-0.1, -0.05) is 51.1 Å². The van der Waals surface area contributed by atoms with Crippen LogP contribution in [0.2, 0.25) is 0 Å². The summed E-state index contributed by atoms with van der Waals surface area (Å²) in [6.07, 6.45) is -4.41. The van der Waals surface area contributed by atoms with Gasteiger partial charge in [-0.2, -0.15) is 18.3 Å². The number of fused-ring (bicyclic) bond motifs is 1. The number of hydrogen-bond donors (Lipinski definition) is 2. The Bertz CT molecular complexity index is 1110. The number of para-hydroxylation sites is 1. The van der Waals surface area contributed by atoms with E-state index in [9.17, 15) is 22.8 Å². The Balaban J connectivity index is 1.93. The quantitative estimate of drug-likeness (QED) is 0.644. The molecule has 0 spiro atoms. The average Bonchev–Trinajstić information content (AvgIpc) is 3.03. The number of rotatable bonds is 5. The van der Waals surface area contributed by atoms with E-state index in [1.807, 2.05) is 0 Å². The first-order chi connectivity index (χ1) is 14.4. The van der Waals surface area contributed by atoms with Crippen LogP contribution in [0.4, 0.5) is 13.2 Å². The Labute approximate surface area is 177 Å². The van der Waals surface area contributed by atoms with Crippen molar-refractivity contribution in [1.82, 2.24) is 15.1 Å². The molecule has 1 unspecified atom stereocenters. The summed E-state index contributed by atoms with van der Waals surface area (Å²) in [5, 5.41) is 7.59. The molecule has 2 aromatic carbocycles. The first-order valence-corrected chi connectivity index (χ1v) is 9.60. The molecule has 9 heteroatoms. The third-order valence-electron chi connectivity index (χ3n) is 4.91. The number of nitrogens with zero attached hydrogens (tertiary/aromatic N) is 2. The van der Waals surface area contributed by atoms with Crippen LogP contribution in [0.15, 0.2) is 48.5 Å². The van der Waals surface area contributed by atoms with Gasteiger partial charge in [0.25, 0.3) is 5.91 Å². The van der Waals surface area contributed by atoms with Crippen molar-refractivity contribution in [1.29, 1.82) is 0 Å². The highest BCUT2D eigenvalue weighted by molar-refractivity contribution is 6.06. The number of halogens is 3. The number of nitrogens with one attached hydrogen (secondary N) is 1. The molecule has 0 bridgehead atoms. The largest absolute Gasteiger partial charge is 0.416 e. The zero-order valence-corrected chi connectivity index (χ0v) is 17.3. The molecule has 0 aliphatic heterocycles. The highest BCUT2D eigenvalue weighted by Crippen LogP contribution is 2.29. The van der Waals surface area contributed by atoms with Gasteiger partial charge in [-0.15, -0.1) is 0 Å². The lowest BCUT2D eigenvalue weighted by Crippen LogP contribution is -2.52.